The van der Waals surface area contributed by atoms with E-state index in [1.165, 1.54) is 6.07 Å². The van der Waals surface area contributed by atoms with E-state index in [0.717, 1.165) is 42.1 Å². The highest BCUT2D eigenvalue weighted by atomic mass is 19.1. The van der Waals surface area contributed by atoms with Crippen molar-refractivity contribution in [3.8, 4) is 34.3 Å². The highest BCUT2D eigenvalue weighted by Gasteiger charge is 2.30. The predicted octanol–water partition coefficient (Wildman–Crippen LogP) is 4.96. The number of hydrogen-bond acceptors (Lipinski definition) is 5. The molecule has 1 aliphatic carbocycles. The zero-order valence-corrected chi connectivity index (χ0v) is 19.3. The summed E-state index contributed by atoms with van der Waals surface area (Å²) in [6, 6.07) is 12.9. The number of aryl methyl sites for hydroxylation is 1. The van der Waals surface area contributed by atoms with Crippen LogP contribution >= 0.6 is 0 Å². The molecule has 2 aromatic carbocycles. The Morgan fingerprint density at radius 1 is 1.26 bits per heavy atom. The van der Waals surface area contributed by atoms with Gasteiger partial charge < -0.3 is 10.5 Å². The van der Waals surface area contributed by atoms with Crippen LogP contribution in [0, 0.1) is 17.1 Å². The maximum absolute atomic E-state index is 15.4. The highest BCUT2D eigenvalue weighted by Crippen LogP contribution is 2.44. The van der Waals surface area contributed by atoms with Crippen LogP contribution in [0.4, 0.5) is 4.39 Å². The summed E-state index contributed by atoms with van der Waals surface area (Å²) in [5.41, 5.74) is 9.57. The second-order valence-corrected chi connectivity index (χ2v) is 8.81. The maximum Gasteiger partial charge on any atom is 0.220 e. The number of aromatic nitrogens is 4. The van der Waals surface area contributed by atoms with Crippen LogP contribution in [0.5, 0.6) is 5.88 Å². The fraction of sp³-hybridized carbons (Fsp3) is 0.346. The Labute approximate surface area is 197 Å². The van der Waals surface area contributed by atoms with Crippen LogP contribution < -0.4 is 10.5 Å². The average molecular weight is 459 g/mol. The van der Waals surface area contributed by atoms with Gasteiger partial charge in [0.15, 0.2) is 0 Å². The molecule has 1 aliphatic rings. The number of rotatable bonds is 5. The van der Waals surface area contributed by atoms with Crippen molar-refractivity contribution in [2.24, 2.45) is 12.8 Å². The average Bonchev–Trinajstić information content (AvgIpc) is 3.40. The molecule has 7 nitrogen and oxygen atoms in total. The third-order valence-corrected chi connectivity index (χ3v) is 6.59. The summed E-state index contributed by atoms with van der Waals surface area (Å²) in [5.74, 6) is 0.0170. The van der Waals surface area contributed by atoms with Gasteiger partial charge in [-0.05, 0) is 62.4 Å². The van der Waals surface area contributed by atoms with Crippen LogP contribution in [0.25, 0.3) is 33.3 Å². The predicted molar refractivity (Wildman–Crippen MR) is 129 cm³/mol. The Balaban J connectivity index is 1.78. The molecule has 1 fully saturated rings. The van der Waals surface area contributed by atoms with Crippen LogP contribution in [-0.4, -0.2) is 32.2 Å². The SMILES string of the molecule is CCOc1c(-c2ccc3c(cnn3C)c2)c(-c2cccc(C#N)c2F)nn1C1CCCC(N)C1. The zero-order valence-electron chi connectivity index (χ0n) is 19.3. The first kappa shape index (κ1) is 22.1. The normalized spacial score (nSPS) is 18.2. The summed E-state index contributed by atoms with van der Waals surface area (Å²) in [7, 11) is 1.90. The Morgan fingerprint density at radius 3 is 2.88 bits per heavy atom. The van der Waals surface area contributed by atoms with E-state index in [4.69, 9.17) is 15.6 Å². The van der Waals surface area contributed by atoms with Crippen LogP contribution in [-0.2, 0) is 7.05 Å². The number of nitriles is 1. The highest BCUT2D eigenvalue weighted by molar-refractivity contribution is 5.91. The summed E-state index contributed by atoms with van der Waals surface area (Å²) in [6.07, 6.45) is 5.50. The summed E-state index contributed by atoms with van der Waals surface area (Å²) in [5, 5.41) is 19.6. The monoisotopic (exact) mass is 458 g/mol. The molecule has 5 rings (SSSR count). The molecule has 0 amide bonds. The van der Waals surface area contributed by atoms with Crippen molar-refractivity contribution < 1.29 is 9.13 Å². The van der Waals surface area contributed by atoms with Gasteiger partial charge in [-0.1, -0.05) is 12.1 Å². The minimum atomic E-state index is -0.582. The van der Waals surface area contributed by atoms with Gasteiger partial charge in [0, 0.05) is 24.0 Å². The van der Waals surface area contributed by atoms with Crippen molar-refractivity contribution in [3.05, 3.63) is 54.0 Å². The first-order valence-electron chi connectivity index (χ1n) is 11.6. The van der Waals surface area contributed by atoms with Crippen LogP contribution in [0.3, 0.4) is 0 Å². The Morgan fingerprint density at radius 2 is 2.12 bits per heavy atom. The van der Waals surface area contributed by atoms with E-state index < -0.39 is 5.82 Å². The van der Waals surface area contributed by atoms with E-state index in [0.29, 0.717) is 23.7 Å². The van der Waals surface area contributed by atoms with Gasteiger partial charge >= 0.3 is 0 Å². The van der Waals surface area contributed by atoms with E-state index in [-0.39, 0.29) is 23.2 Å². The van der Waals surface area contributed by atoms with Gasteiger partial charge in [0.25, 0.3) is 0 Å². The largest absolute Gasteiger partial charge is 0.478 e. The van der Waals surface area contributed by atoms with Crippen molar-refractivity contribution in [3.63, 3.8) is 0 Å². The number of benzene rings is 2. The molecule has 0 aliphatic heterocycles. The molecule has 8 heteroatoms. The fourth-order valence-electron chi connectivity index (χ4n) is 4.93. The molecule has 34 heavy (non-hydrogen) atoms. The second-order valence-electron chi connectivity index (χ2n) is 8.81. The number of halogens is 1. The molecule has 2 N–H and O–H groups in total. The molecule has 174 valence electrons. The van der Waals surface area contributed by atoms with Crippen molar-refractivity contribution >= 4 is 10.9 Å². The molecule has 2 unspecified atom stereocenters. The third-order valence-electron chi connectivity index (χ3n) is 6.59. The molecule has 1 saturated carbocycles. The number of ether oxygens (including phenoxy) is 1. The van der Waals surface area contributed by atoms with Crippen molar-refractivity contribution in [1.29, 1.82) is 5.26 Å². The van der Waals surface area contributed by atoms with Gasteiger partial charge in [-0.25, -0.2) is 9.07 Å². The topological polar surface area (TPSA) is 94.7 Å². The minimum absolute atomic E-state index is 0.0154. The molecular formula is C26H27FN6O. The van der Waals surface area contributed by atoms with Gasteiger partial charge in [0.1, 0.15) is 17.6 Å². The van der Waals surface area contributed by atoms with E-state index in [9.17, 15) is 5.26 Å². The zero-order chi connectivity index (χ0) is 23.8. The Hall–Kier alpha value is -3.70. The van der Waals surface area contributed by atoms with Gasteiger partial charge in [-0.15, -0.1) is 0 Å². The molecule has 2 atom stereocenters. The molecule has 4 aromatic rings. The van der Waals surface area contributed by atoms with E-state index >= 15 is 4.39 Å². The molecule has 0 radical (unpaired) electrons. The smallest absolute Gasteiger partial charge is 0.220 e. The Kier molecular flexibility index (Phi) is 5.80. The lowest BCUT2D eigenvalue weighted by atomic mass is 9.91. The first-order chi connectivity index (χ1) is 16.5. The number of nitrogens with two attached hydrogens (primary N) is 1. The summed E-state index contributed by atoms with van der Waals surface area (Å²) >= 11 is 0. The summed E-state index contributed by atoms with van der Waals surface area (Å²) in [6.45, 7) is 2.36. The van der Waals surface area contributed by atoms with Crippen molar-refractivity contribution in [1.82, 2.24) is 19.6 Å². The summed E-state index contributed by atoms with van der Waals surface area (Å²) < 4.78 is 25.3. The lowest BCUT2D eigenvalue weighted by Crippen LogP contribution is -2.30. The van der Waals surface area contributed by atoms with Crippen LogP contribution in [0.2, 0.25) is 0 Å². The van der Waals surface area contributed by atoms with Crippen molar-refractivity contribution in [2.75, 3.05) is 6.61 Å². The number of nitrogens with zero attached hydrogens (tertiary/aromatic N) is 5. The molecule has 0 spiro atoms. The van der Waals surface area contributed by atoms with Crippen molar-refractivity contribution in [2.45, 2.75) is 44.7 Å². The molecule has 2 aromatic heterocycles. The quantitative estimate of drug-likeness (QED) is 0.456. The van der Waals surface area contributed by atoms with Gasteiger partial charge in [-0.3, -0.25) is 4.68 Å². The second kappa shape index (κ2) is 8.92. The standard InChI is InChI=1S/C26H27FN6O/c1-3-34-26-23(16-10-11-22-18(12-16)15-30-32(22)2)25(21-9-4-6-17(14-28)24(21)27)31-33(26)20-8-5-7-19(29)13-20/h4,6,9-12,15,19-20H,3,5,7-8,13,29H2,1-2H3. The summed E-state index contributed by atoms with van der Waals surface area (Å²) in [4.78, 5) is 0. The lowest BCUT2D eigenvalue weighted by Gasteiger charge is -2.28. The van der Waals surface area contributed by atoms with Gasteiger partial charge in [0.05, 0.1) is 35.5 Å². The van der Waals surface area contributed by atoms with Crippen LogP contribution in [0.1, 0.15) is 44.2 Å². The molecule has 2 heterocycles. The number of fused-ring (bicyclic) bond motifs is 1. The maximum atomic E-state index is 15.4. The minimum Gasteiger partial charge on any atom is -0.478 e. The van der Waals surface area contributed by atoms with Gasteiger partial charge in [0.2, 0.25) is 5.88 Å². The van der Waals surface area contributed by atoms with Gasteiger partial charge in [-0.2, -0.15) is 15.5 Å². The molecule has 0 saturated heterocycles. The van der Waals surface area contributed by atoms with E-state index in [1.54, 1.807) is 18.3 Å². The lowest BCUT2D eigenvalue weighted by molar-refractivity contribution is 0.245. The molecular weight excluding hydrogens is 431 g/mol. The van der Waals surface area contributed by atoms with E-state index in [1.807, 2.05) is 47.6 Å². The Bertz CT molecular complexity index is 1400. The molecule has 0 bridgehead atoms. The fourth-order valence-corrected chi connectivity index (χ4v) is 4.93. The first-order valence-corrected chi connectivity index (χ1v) is 11.6. The van der Waals surface area contributed by atoms with Crippen LogP contribution in [0.15, 0.2) is 42.6 Å². The number of hydrogen-bond donors (Lipinski definition) is 1. The van der Waals surface area contributed by atoms with E-state index in [2.05, 4.69) is 5.10 Å². The third kappa shape index (κ3) is 3.72.